The maximum Gasteiger partial charge on any atom is 0.252 e. The van der Waals surface area contributed by atoms with Crippen LogP contribution in [-0.4, -0.2) is 31.4 Å². The molecule has 0 spiro atoms. The molecule has 0 atom stereocenters. The number of amides is 2. The molecule has 2 amide bonds. The fraction of sp³-hybridized carbons (Fsp3) is 0.467. The highest BCUT2D eigenvalue weighted by atomic mass is 16.2. The summed E-state index contributed by atoms with van der Waals surface area (Å²) in [5, 5.41) is 5.51. The summed E-state index contributed by atoms with van der Waals surface area (Å²) in [5.41, 5.74) is 6.12. The van der Waals surface area contributed by atoms with E-state index in [9.17, 15) is 9.59 Å². The molecule has 110 valence electrons. The van der Waals surface area contributed by atoms with Gasteiger partial charge in [-0.15, -0.1) is 0 Å². The number of carbonyl (C=O) groups is 2. The number of hydrogen-bond donors (Lipinski definition) is 3. The van der Waals surface area contributed by atoms with Crippen molar-refractivity contribution >= 4 is 11.8 Å². The maximum absolute atomic E-state index is 12.1. The minimum absolute atomic E-state index is 0.218. The molecule has 20 heavy (non-hydrogen) atoms. The van der Waals surface area contributed by atoms with E-state index in [-0.39, 0.29) is 11.8 Å². The van der Waals surface area contributed by atoms with Crippen molar-refractivity contribution in [2.45, 2.75) is 20.3 Å². The summed E-state index contributed by atoms with van der Waals surface area (Å²) in [6.07, 6.45) is 0.910. The lowest BCUT2D eigenvalue weighted by molar-refractivity contribution is 0.0919. The van der Waals surface area contributed by atoms with E-state index in [0.29, 0.717) is 36.7 Å². The molecule has 1 aromatic rings. The van der Waals surface area contributed by atoms with E-state index in [0.717, 1.165) is 6.42 Å². The molecule has 0 aliphatic rings. The Balaban J connectivity index is 2.73. The Labute approximate surface area is 119 Å². The molecule has 1 aromatic carbocycles. The fourth-order valence-corrected chi connectivity index (χ4v) is 1.73. The van der Waals surface area contributed by atoms with Crippen LogP contribution in [-0.2, 0) is 0 Å². The van der Waals surface area contributed by atoms with Crippen LogP contribution < -0.4 is 16.4 Å². The molecule has 5 heteroatoms. The van der Waals surface area contributed by atoms with E-state index in [1.807, 2.05) is 0 Å². The third-order valence-electron chi connectivity index (χ3n) is 2.85. The average Bonchev–Trinajstić information content (AvgIpc) is 2.44. The normalized spacial score (nSPS) is 10.4. The summed E-state index contributed by atoms with van der Waals surface area (Å²) in [4.78, 5) is 24.1. The van der Waals surface area contributed by atoms with Gasteiger partial charge in [0.25, 0.3) is 11.8 Å². The SMILES string of the molecule is CC(C)CCNC(=O)c1ccccc1C(=O)NCCN. The van der Waals surface area contributed by atoms with Crippen molar-refractivity contribution in [3.63, 3.8) is 0 Å². The quantitative estimate of drug-likeness (QED) is 0.699. The van der Waals surface area contributed by atoms with Crippen LogP contribution in [0.2, 0.25) is 0 Å². The van der Waals surface area contributed by atoms with Gasteiger partial charge in [0.1, 0.15) is 0 Å². The van der Waals surface area contributed by atoms with Gasteiger partial charge in [-0.1, -0.05) is 26.0 Å². The summed E-state index contributed by atoms with van der Waals surface area (Å²) in [6.45, 7) is 5.56. The van der Waals surface area contributed by atoms with Gasteiger partial charge in [0.2, 0.25) is 0 Å². The maximum atomic E-state index is 12.1. The van der Waals surface area contributed by atoms with Gasteiger partial charge in [-0.25, -0.2) is 0 Å². The summed E-state index contributed by atoms with van der Waals surface area (Å²) >= 11 is 0. The van der Waals surface area contributed by atoms with E-state index in [1.165, 1.54) is 0 Å². The van der Waals surface area contributed by atoms with Gasteiger partial charge in [-0.05, 0) is 24.5 Å². The molecule has 0 unspecified atom stereocenters. The van der Waals surface area contributed by atoms with Crippen LogP contribution in [0.3, 0.4) is 0 Å². The molecule has 0 saturated carbocycles. The van der Waals surface area contributed by atoms with Crippen LogP contribution in [0.4, 0.5) is 0 Å². The second-order valence-electron chi connectivity index (χ2n) is 5.03. The van der Waals surface area contributed by atoms with Gasteiger partial charge in [0.05, 0.1) is 11.1 Å². The molecule has 0 radical (unpaired) electrons. The van der Waals surface area contributed by atoms with Gasteiger partial charge in [0, 0.05) is 19.6 Å². The third kappa shape index (κ3) is 5.01. The number of benzene rings is 1. The average molecular weight is 277 g/mol. The van der Waals surface area contributed by atoms with Crippen LogP contribution in [0.25, 0.3) is 0 Å². The van der Waals surface area contributed by atoms with Crippen molar-refractivity contribution in [1.29, 1.82) is 0 Å². The summed E-state index contributed by atoms with van der Waals surface area (Å²) in [5.74, 6) is 0.0348. The highest BCUT2D eigenvalue weighted by Gasteiger charge is 2.15. The monoisotopic (exact) mass is 277 g/mol. The Kier molecular flexibility index (Phi) is 6.73. The first-order valence-electron chi connectivity index (χ1n) is 6.91. The van der Waals surface area contributed by atoms with Gasteiger partial charge in [-0.2, -0.15) is 0 Å². The van der Waals surface area contributed by atoms with E-state index < -0.39 is 0 Å². The lowest BCUT2D eigenvalue weighted by atomic mass is 10.1. The van der Waals surface area contributed by atoms with E-state index in [2.05, 4.69) is 24.5 Å². The van der Waals surface area contributed by atoms with E-state index >= 15 is 0 Å². The molecular formula is C15H23N3O2. The van der Waals surface area contributed by atoms with Crippen LogP contribution in [0.15, 0.2) is 24.3 Å². The Hall–Kier alpha value is -1.88. The molecule has 0 aliphatic carbocycles. The highest BCUT2D eigenvalue weighted by molar-refractivity contribution is 6.07. The summed E-state index contributed by atoms with van der Waals surface area (Å²) in [6, 6.07) is 6.78. The molecule has 0 saturated heterocycles. The minimum Gasteiger partial charge on any atom is -0.352 e. The molecule has 0 aromatic heterocycles. The van der Waals surface area contributed by atoms with Crippen molar-refractivity contribution in [3.05, 3.63) is 35.4 Å². The topological polar surface area (TPSA) is 84.2 Å². The number of nitrogens with one attached hydrogen (secondary N) is 2. The zero-order chi connectivity index (χ0) is 15.0. The first-order chi connectivity index (χ1) is 9.56. The Morgan fingerprint density at radius 1 is 1.05 bits per heavy atom. The lowest BCUT2D eigenvalue weighted by Gasteiger charge is -2.11. The largest absolute Gasteiger partial charge is 0.352 e. The van der Waals surface area contributed by atoms with Gasteiger partial charge in [-0.3, -0.25) is 9.59 Å². The number of hydrogen-bond acceptors (Lipinski definition) is 3. The third-order valence-corrected chi connectivity index (χ3v) is 2.85. The number of carbonyl (C=O) groups excluding carboxylic acids is 2. The van der Waals surface area contributed by atoms with Crippen molar-refractivity contribution in [2.75, 3.05) is 19.6 Å². The van der Waals surface area contributed by atoms with Crippen molar-refractivity contribution < 1.29 is 9.59 Å². The van der Waals surface area contributed by atoms with Crippen molar-refractivity contribution in [1.82, 2.24) is 10.6 Å². The molecule has 5 nitrogen and oxygen atoms in total. The fourth-order valence-electron chi connectivity index (χ4n) is 1.73. The first-order valence-corrected chi connectivity index (χ1v) is 6.91. The minimum atomic E-state index is -0.273. The van der Waals surface area contributed by atoms with Crippen LogP contribution in [0.5, 0.6) is 0 Å². The lowest BCUT2D eigenvalue weighted by Crippen LogP contribution is -2.32. The molecular weight excluding hydrogens is 254 g/mol. The molecule has 0 fully saturated rings. The zero-order valence-electron chi connectivity index (χ0n) is 12.1. The highest BCUT2D eigenvalue weighted by Crippen LogP contribution is 2.09. The second-order valence-corrected chi connectivity index (χ2v) is 5.03. The van der Waals surface area contributed by atoms with Crippen LogP contribution in [0.1, 0.15) is 41.0 Å². The van der Waals surface area contributed by atoms with E-state index in [1.54, 1.807) is 24.3 Å². The number of rotatable bonds is 7. The van der Waals surface area contributed by atoms with Gasteiger partial charge in [0.15, 0.2) is 0 Å². The summed E-state index contributed by atoms with van der Waals surface area (Å²) < 4.78 is 0. The molecule has 0 bridgehead atoms. The molecule has 0 aliphatic heterocycles. The molecule has 0 heterocycles. The predicted octanol–water partition coefficient (Wildman–Crippen LogP) is 1.15. The number of nitrogens with two attached hydrogens (primary N) is 1. The summed E-state index contributed by atoms with van der Waals surface area (Å²) in [7, 11) is 0. The standard InChI is InChI=1S/C15H23N3O2/c1-11(2)7-9-17-14(19)12-5-3-4-6-13(12)15(20)18-10-8-16/h3-6,11H,7-10,16H2,1-2H3,(H,17,19)(H,18,20). The molecule has 4 N–H and O–H groups in total. The van der Waals surface area contributed by atoms with Crippen LogP contribution >= 0.6 is 0 Å². The van der Waals surface area contributed by atoms with Gasteiger partial charge < -0.3 is 16.4 Å². The Morgan fingerprint density at radius 2 is 1.55 bits per heavy atom. The zero-order valence-corrected chi connectivity index (χ0v) is 12.1. The van der Waals surface area contributed by atoms with Gasteiger partial charge >= 0.3 is 0 Å². The van der Waals surface area contributed by atoms with Crippen molar-refractivity contribution in [3.8, 4) is 0 Å². The van der Waals surface area contributed by atoms with Crippen molar-refractivity contribution in [2.24, 2.45) is 11.7 Å². The Bertz CT molecular complexity index is 458. The van der Waals surface area contributed by atoms with E-state index in [4.69, 9.17) is 5.73 Å². The first kappa shape index (κ1) is 16.2. The smallest absolute Gasteiger partial charge is 0.252 e. The van der Waals surface area contributed by atoms with Crippen LogP contribution in [0, 0.1) is 5.92 Å². The molecule has 1 rings (SSSR count). The second kappa shape index (κ2) is 8.32. The Morgan fingerprint density at radius 3 is 2.00 bits per heavy atom. The predicted molar refractivity (Wildman–Crippen MR) is 79.6 cm³/mol.